The lowest BCUT2D eigenvalue weighted by molar-refractivity contribution is -0.114. The van der Waals surface area contributed by atoms with E-state index in [-0.39, 0.29) is 5.50 Å². The van der Waals surface area contributed by atoms with Gasteiger partial charge in [-0.25, -0.2) is 4.98 Å². The largest absolute Gasteiger partial charge is 0.403 e. The number of hydrogen-bond acceptors (Lipinski definition) is 8. The fourth-order valence-electron chi connectivity index (χ4n) is 3.48. The topological polar surface area (TPSA) is 131 Å². The molecule has 0 radical (unpaired) electrons. The van der Waals surface area contributed by atoms with E-state index >= 15 is 0 Å². The van der Waals surface area contributed by atoms with Crippen LogP contribution in [-0.2, 0) is 0 Å². The molecule has 1 saturated carbocycles. The predicted molar refractivity (Wildman–Crippen MR) is 122 cm³/mol. The Balaban J connectivity index is 1.75. The van der Waals surface area contributed by atoms with E-state index in [0.717, 1.165) is 33.3 Å². The van der Waals surface area contributed by atoms with Crippen molar-refractivity contribution >= 4 is 39.3 Å². The van der Waals surface area contributed by atoms with Gasteiger partial charge in [0.2, 0.25) is 5.04 Å². The Morgan fingerprint density at radius 3 is 2.79 bits per heavy atom. The molecule has 0 amide bonds. The minimum Gasteiger partial charge on any atom is -0.403 e. The summed E-state index contributed by atoms with van der Waals surface area (Å²) in [6.45, 7) is 0.347. The molecule has 8 nitrogen and oxygen atoms in total. The zero-order valence-electron chi connectivity index (χ0n) is 17.1. The fraction of sp³-hybridized carbons (Fsp3) is 0.450. The molecular formula is C20H31N8S+. The molecule has 2 aromatic rings. The summed E-state index contributed by atoms with van der Waals surface area (Å²) < 4.78 is 0. The first-order chi connectivity index (χ1) is 14.0. The number of hydrogen-bond donors (Lipinski definition) is 5. The number of rotatable bonds is 8. The second-order valence-electron chi connectivity index (χ2n) is 7.16. The average molecular weight is 416 g/mol. The third-order valence-corrected chi connectivity index (χ3v) is 6.49. The molecule has 8 N–H and O–H groups in total. The van der Waals surface area contributed by atoms with E-state index in [1.807, 2.05) is 37.2 Å². The normalized spacial score (nSPS) is 16.2. The highest BCUT2D eigenvalue weighted by atomic mass is 32.2. The third-order valence-electron chi connectivity index (χ3n) is 5.30. The van der Waals surface area contributed by atoms with E-state index in [4.69, 9.17) is 21.9 Å². The van der Waals surface area contributed by atoms with Gasteiger partial charge >= 0.3 is 0 Å². The van der Waals surface area contributed by atoms with Gasteiger partial charge in [0.05, 0.1) is 28.8 Å². The number of likely N-dealkylation sites (N-methyl/N-ethyl adjacent to an activating group) is 1. The molecule has 1 aliphatic carbocycles. The monoisotopic (exact) mass is 415 g/mol. The molecule has 9 heteroatoms. The van der Waals surface area contributed by atoms with Crippen LogP contribution >= 0.6 is 11.8 Å². The van der Waals surface area contributed by atoms with Crippen molar-refractivity contribution in [2.75, 3.05) is 30.9 Å². The third kappa shape index (κ3) is 5.17. The summed E-state index contributed by atoms with van der Waals surface area (Å²) in [7, 11) is 3.82. The van der Waals surface area contributed by atoms with Gasteiger partial charge in [0.1, 0.15) is 11.3 Å². The maximum atomic E-state index is 6.35. The van der Waals surface area contributed by atoms with E-state index in [0.29, 0.717) is 12.5 Å². The van der Waals surface area contributed by atoms with Gasteiger partial charge in [-0.15, -0.1) is 0 Å². The van der Waals surface area contributed by atoms with Gasteiger partial charge in [0.15, 0.2) is 0 Å². The van der Waals surface area contributed by atoms with Crippen molar-refractivity contribution < 1.29 is 5.41 Å². The Hall–Kier alpha value is -2.36. The zero-order valence-corrected chi connectivity index (χ0v) is 17.9. The van der Waals surface area contributed by atoms with Crippen LogP contribution in [0, 0.1) is 5.92 Å². The van der Waals surface area contributed by atoms with Crippen LogP contribution in [0.5, 0.6) is 0 Å². The first-order valence-electron chi connectivity index (χ1n) is 9.89. The van der Waals surface area contributed by atoms with E-state index in [1.165, 1.54) is 31.9 Å². The van der Waals surface area contributed by atoms with Crippen molar-refractivity contribution in [1.82, 2.24) is 15.3 Å². The molecule has 1 atom stereocenters. The van der Waals surface area contributed by atoms with Crippen molar-refractivity contribution in [2.45, 2.75) is 31.2 Å². The minimum atomic E-state index is -0.0524. The quantitative estimate of drug-likeness (QED) is 0.243. The number of nitrogens with one attached hydrogen (secondary N) is 2. The lowest BCUT2D eigenvalue weighted by Crippen LogP contribution is -2.45. The van der Waals surface area contributed by atoms with Crippen molar-refractivity contribution in [1.29, 1.82) is 0 Å². The van der Waals surface area contributed by atoms with Crippen LogP contribution in [0.2, 0.25) is 0 Å². The van der Waals surface area contributed by atoms with Crippen molar-refractivity contribution in [3.63, 3.8) is 0 Å². The summed E-state index contributed by atoms with van der Waals surface area (Å²) in [4.78, 5) is 11.2. The molecule has 0 bridgehead atoms. The summed E-state index contributed by atoms with van der Waals surface area (Å²) in [6, 6.07) is 5.87. The SMILES string of the molecule is CNC(Nc1ccc2ncc(N(C)/C(=C/N)CN)cc2n1)SC(=[NH2+])C1CCCC1. The molecule has 2 aromatic heterocycles. The first kappa shape index (κ1) is 21.4. The molecule has 0 aliphatic heterocycles. The van der Waals surface area contributed by atoms with Crippen LogP contribution < -0.4 is 32.4 Å². The number of nitrogens with two attached hydrogens (primary N) is 3. The summed E-state index contributed by atoms with van der Waals surface area (Å²) in [5.74, 6) is 1.27. The molecular weight excluding hydrogens is 384 g/mol. The Morgan fingerprint density at radius 1 is 1.38 bits per heavy atom. The highest BCUT2D eigenvalue weighted by Gasteiger charge is 2.26. The van der Waals surface area contributed by atoms with Gasteiger partial charge in [0.25, 0.3) is 0 Å². The number of thioether (sulfide) groups is 1. The number of anilines is 2. The Bertz CT molecular complexity index is 878. The lowest BCUT2D eigenvalue weighted by atomic mass is 10.1. The van der Waals surface area contributed by atoms with Gasteiger partial charge in [-0.05, 0) is 49.9 Å². The average Bonchev–Trinajstić information content (AvgIpc) is 3.28. The summed E-state index contributed by atoms with van der Waals surface area (Å²) >= 11 is 1.63. The molecule has 1 fully saturated rings. The molecule has 3 rings (SSSR count). The molecule has 156 valence electrons. The number of nitrogens with zero attached hydrogens (tertiary/aromatic N) is 3. The van der Waals surface area contributed by atoms with E-state index in [9.17, 15) is 0 Å². The van der Waals surface area contributed by atoms with Crippen molar-refractivity contribution in [2.24, 2.45) is 17.4 Å². The van der Waals surface area contributed by atoms with Gasteiger partial charge in [0, 0.05) is 25.5 Å². The van der Waals surface area contributed by atoms with Crippen molar-refractivity contribution in [3.8, 4) is 0 Å². The maximum absolute atomic E-state index is 6.35. The van der Waals surface area contributed by atoms with Gasteiger partial charge < -0.3 is 21.7 Å². The number of fused-ring (bicyclic) bond motifs is 1. The Labute approximate surface area is 176 Å². The number of pyridine rings is 2. The minimum absolute atomic E-state index is 0.0524. The highest BCUT2D eigenvalue weighted by molar-refractivity contribution is 8.14. The molecule has 29 heavy (non-hydrogen) atoms. The van der Waals surface area contributed by atoms with Gasteiger partial charge in [-0.1, -0.05) is 12.8 Å². The molecule has 0 aromatic carbocycles. The Kier molecular flexibility index (Phi) is 7.29. The molecule has 0 spiro atoms. The highest BCUT2D eigenvalue weighted by Crippen LogP contribution is 2.30. The standard InChI is InChI=1S/C20H30N8S/c1-24-20(29-19(23)13-5-3-4-6-13)27-18-8-7-16-17(26-18)9-14(12-25-16)28(2)15(10-21)11-22/h7-10,12-13,20,23-24H,3-6,11,21-22H2,1-2H3,(H,26,27)/p+1/b15-10+,23-19?. The zero-order chi connectivity index (χ0) is 20.8. The molecule has 1 aliphatic rings. The molecule has 0 saturated heterocycles. The summed E-state index contributed by atoms with van der Waals surface area (Å²) in [5.41, 5.74) is 14.7. The Morgan fingerprint density at radius 2 is 2.14 bits per heavy atom. The molecule has 1 unspecified atom stereocenters. The van der Waals surface area contributed by atoms with E-state index in [2.05, 4.69) is 15.6 Å². The van der Waals surface area contributed by atoms with E-state index < -0.39 is 0 Å². The summed E-state index contributed by atoms with van der Waals surface area (Å²) in [6.07, 6.45) is 8.21. The smallest absolute Gasteiger partial charge is 0.213 e. The van der Waals surface area contributed by atoms with Crippen LogP contribution in [0.15, 0.2) is 36.3 Å². The lowest BCUT2D eigenvalue weighted by Gasteiger charge is -2.21. The van der Waals surface area contributed by atoms with Crippen LogP contribution in [0.4, 0.5) is 11.5 Å². The van der Waals surface area contributed by atoms with Crippen LogP contribution in [-0.4, -0.2) is 41.1 Å². The van der Waals surface area contributed by atoms with Gasteiger partial charge in [-0.3, -0.25) is 15.7 Å². The van der Waals surface area contributed by atoms with Crippen LogP contribution in [0.3, 0.4) is 0 Å². The maximum Gasteiger partial charge on any atom is 0.213 e. The number of aromatic nitrogens is 2. The van der Waals surface area contributed by atoms with Gasteiger partial charge in [-0.2, -0.15) is 0 Å². The molecule has 2 heterocycles. The van der Waals surface area contributed by atoms with Crippen molar-refractivity contribution in [3.05, 3.63) is 36.3 Å². The summed E-state index contributed by atoms with van der Waals surface area (Å²) in [5, 5.41) is 14.0. The van der Waals surface area contributed by atoms with E-state index in [1.54, 1.807) is 18.0 Å². The first-order valence-corrected chi connectivity index (χ1v) is 10.8. The second kappa shape index (κ2) is 9.91. The fourth-order valence-corrected chi connectivity index (χ4v) is 4.48. The predicted octanol–water partition coefficient (Wildman–Crippen LogP) is 0.821. The second-order valence-corrected chi connectivity index (χ2v) is 8.34. The van der Waals surface area contributed by atoms with Crippen LogP contribution in [0.25, 0.3) is 11.0 Å². The van der Waals surface area contributed by atoms with Crippen LogP contribution in [0.1, 0.15) is 25.7 Å².